The van der Waals surface area contributed by atoms with Gasteiger partial charge in [0.1, 0.15) is 0 Å². The number of carbonyl (C=O) groups excluding carboxylic acids is 2. The highest BCUT2D eigenvalue weighted by Crippen LogP contribution is 2.21. The van der Waals surface area contributed by atoms with Crippen LogP contribution in [-0.4, -0.2) is 44.2 Å². The molecule has 6 nitrogen and oxygen atoms in total. The Morgan fingerprint density at radius 1 is 0.931 bits per heavy atom. The summed E-state index contributed by atoms with van der Waals surface area (Å²) in [6, 6.07) is 12.5. The number of hydrogen-bond donors (Lipinski definition) is 0. The highest BCUT2D eigenvalue weighted by molar-refractivity contribution is 9.10. The Hall–Kier alpha value is -2.03. The number of benzene rings is 2. The summed E-state index contributed by atoms with van der Waals surface area (Å²) in [5.74, 6) is -0.993. The number of sulfonamides is 1. The first kappa shape index (κ1) is 21.7. The minimum Gasteiger partial charge on any atom is -0.454 e. The second-order valence-corrected chi connectivity index (χ2v) is 9.71. The Morgan fingerprint density at radius 3 is 2.21 bits per heavy atom. The first-order valence-electron chi connectivity index (χ1n) is 9.44. The van der Waals surface area contributed by atoms with Gasteiger partial charge < -0.3 is 4.74 Å². The van der Waals surface area contributed by atoms with Crippen molar-refractivity contribution in [3.05, 3.63) is 64.1 Å². The van der Waals surface area contributed by atoms with Gasteiger partial charge in [-0.25, -0.2) is 13.2 Å². The summed E-state index contributed by atoms with van der Waals surface area (Å²) in [5, 5.41) is 0. The molecule has 1 saturated heterocycles. The number of rotatable bonds is 6. The molecule has 0 N–H and O–H groups in total. The molecule has 1 aliphatic rings. The molecule has 0 atom stereocenters. The van der Waals surface area contributed by atoms with Gasteiger partial charge in [0.25, 0.3) is 0 Å². The molecule has 2 aromatic rings. The summed E-state index contributed by atoms with van der Waals surface area (Å²) >= 11 is 3.29. The number of carbonyl (C=O) groups is 2. The third-order valence-corrected chi connectivity index (χ3v) is 7.18. The van der Waals surface area contributed by atoms with Crippen molar-refractivity contribution in [3.8, 4) is 0 Å². The number of nitrogens with zero attached hydrogens (tertiary/aromatic N) is 1. The summed E-state index contributed by atoms with van der Waals surface area (Å²) in [4.78, 5) is 24.5. The van der Waals surface area contributed by atoms with Crippen LogP contribution in [0.5, 0.6) is 0 Å². The minimum atomic E-state index is -3.57. The lowest BCUT2D eigenvalue weighted by atomic mass is 10.1. The van der Waals surface area contributed by atoms with Crippen LogP contribution in [0.15, 0.2) is 57.9 Å². The van der Waals surface area contributed by atoms with Crippen molar-refractivity contribution in [1.29, 1.82) is 0 Å². The van der Waals surface area contributed by atoms with E-state index >= 15 is 0 Å². The smallest absolute Gasteiger partial charge is 0.338 e. The Balaban J connectivity index is 1.63. The van der Waals surface area contributed by atoms with E-state index in [9.17, 15) is 18.0 Å². The van der Waals surface area contributed by atoms with Crippen molar-refractivity contribution in [2.45, 2.75) is 30.6 Å². The predicted molar refractivity (Wildman–Crippen MR) is 112 cm³/mol. The van der Waals surface area contributed by atoms with Crippen LogP contribution in [0.3, 0.4) is 0 Å². The van der Waals surface area contributed by atoms with Crippen LogP contribution >= 0.6 is 15.9 Å². The third kappa shape index (κ3) is 5.52. The maximum absolute atomic E-state index is 12.8. The average molecular weight is 480 g/mol. The van der Waals surface area contributed by atoms with E-state index in [4.69, 9.17) is 4.74 Å². The van der Waals surface area contributed by atoms with Crippen molar-refractivity contribution in [3.63, 3.8) is 0 Å². The molecule has 0 spiro atoms. The molecule has 0 saturated carbocycles. The summed E-state index contributed by atoms with van der Waals surface area (Å²) in [5.41, 5.74) is 0.632. The molecule has 3 rings (SSSR count). The number of ether oxygens (including phenoxy) is 1. The van der Waals surface area contributed by atoms with Crippen molar-refractivity contribution in [2.24, 2.45) is 0 Å². The van der Waals surface area contributed by atoms with Gasteiger partial charge in [-0.3, -0.25) is 4.79 Å². The highest BCUT2D eigenvalue weighted by atomic mass is 79.9. The molecular weight excluding hydrogens is 458 g/mol. The molecule has 0 aromatic heterocycles. The van der Waals surface area contributed by atoms with E-state index in [1.807, 2.05) is 0 Å². The topological polar surface area (TPSA) is 80.8 Å². The van der Waals surface area contributed by atoms with Gasteiger partial charge in [-0.2, -0.15) is 4.31 Å². The molecule has 1 heterocycles. The highest BCUT2D eigenvalue weighted by Gasteiger charge is 2.25. The van der Waals surface area contributed by atoms with Gasteiger partial charge in [-0.15, -0.1) is 0 Å². The van der Waals surface area contributed by atoms with Gasteiger partial charge in [0, 0.05) is 23.1 Å². The van der Waals surface area contributed by atoms with E-state index in [2.05, 4.69) is 15.9 Å². The molecule has 2 aromatic carbocycles. The molecule has 29 heavy (non-hydrogen) atoms. The SMILES string of the molecule is O=C(COC(=O)c1ccc(S(=O)(=O)N2CCCCCC2)cc1)c1cccc(Br)c1. The number of ketones is 1. The Labute approximate surface area is 179 Å². The monoisotopic (exact) mass is 479 g/mol. The number of halogens is 1. The van der Waals surface area contributed by atoms with Crippen LogP contribution in [-0.2, 0) is 14.8 Å². The molecule has 0 amide bonds. The Morgan fingerprint density at radius 2 is 1.59 bits per heavy atom. The average Bonchev–Trinajstić information content (AvgIpc) is 3.02. The molecule has 0 bridgehead atoms. The molecule has 154 valence electrons. The Kier molecular flexibility index (Phi) is 7.21. The molecule has 0 aliphatic carbocycles. The van der Waals surface area contributed by atoms with E-state index in [-0.39, 0.29) is 22.8 Å². The molecule has 1 fully saturated rings. The van der Waals surface area contributed by atoms with Crippen LogP contribution in [0.4, 0.5) is 0 Å². The second-order valence-electron chi connectivity index (χ2n) is 6.85. The first-order valence-corrected chi connectivity index (χ1v) is 11.7. The summed E-state index contributed by atoms with van der Waals surface area (Å²) in [7, 11) is -3.57. The van der Waals surface area contributed by atoms with E-state index < -0.39 is 16.0 Å². The number of Topliss-reactive ketones (excluding diaryl/α,β-unsaturated/α-hetero) is 1. The van der Waals surface area contributed by atoms with Crippen LogP contribution in [0, 0.1) is 0 Å². The van der Waals surface area contributed by atoms with Gasteiger partial charge in [-0.1, -0.05) is 40.9 Å². The largest absolute Gasteiger partial charge is 0.454 e. The zero-order valence-electron chi connectivity index (χ0n) is 15.8. The number of esters is 1. The van der Waals surface area contributed by atoms with Crippen LogP contribution < -0.4 is 0 Å². The van der Waals surface area contributed by atoms with Gasteiger partial charge in [-0.05, 0) is 49.2 Å². The summed E-state index contributed by atoms with van der Waals surface area (Å²) < 4.78 is 32.9. The van der Waals surface area contributed by atoms with Crippen LogP contribution in [0.2, 0.25) is 0 Å². The minimum absolute atomic E-state index is 0.154. The van der Waals surface area contributed by atoms with Gasteiger partial charge in [0.2, 0.25) is 10.0 Å². The third-order valence-electron chi connectivity index (χ3n) is 4.77. The van der Waals surface area contributed by atoms with Gasteiger partial charge in [0.05, 0.1) is 10.5 Å². The maximum Gasteiger partial charge on any atom is 0.338 e. The van der Waals surface area contributed by atoms with Gasteiger partial charge in [0.15, 0.2) is 12.4 Å². The zero-order chi connectivity index (χ0) is 20.9. The lowest BCUT2D eigenvalue weighted by molar-refractivity contribution is 0.0474. The standard InChI is InChI=1S/C21H22BrNO5S/c22-18-7-5-6-17(14-18)20(24)15-28-21(25)16-8-10-19(11-9-16)29(26,27)23-12-3-1-2-4-13-23/h5-11,14H,1-4,12-13,15H2. The maximum atomic E-state index is 12.8. The molecule has 0 unspecified atom stereocenters. The first-order chi connectivity index (χ1) is 13.9. The quantitative estimate of drug-likeness (QED) is 0.460. The lowest BCUT2D eigenvalue weighted by Gasteiger charge is -2.19. The van der Waals surface area contributed by atoms with E-state index in [0.29, 0.717) is 18.7 Å². The predicted octanol–water partition coefficient (Wildman–Crippen LogP) is 4.05. The number of hydrogen-bond acceptors (Lipinski definition) is 5. The van der Waals surface area contributed by atoms with Crippen molar-refractivity contribution in [1.82, 2.24) is 4.31 Å². The van der Waals surface area contributed by atoms with Crippen molar-refractivity contribution in [2.75, 3.05) is 19.7 Å². The van der Waals surface area contributed by atoms with E-state index in [1.165, 1.54) is 28.6 Å². The van der Waals surface area contributed by atoms with Crippen molar-refractivity contribution < 1.29 is 22.7 Å². The zero-order valence-corrected chi connectivity index (χ0v) is 18.2. The van der Waals surface area contributed by atoms with E-state index in [0.717, 1.165) is 30.2 Å². The van der Waals surface area contributed by atoms with Crippen molar-refractivity contribution >= 4 is 37.7 Å². The fourth-order valence-corrected chi connectivity index (χ4v) is 5.07. The van der Waals surface area contributed by atoms with Crippen LogP contribution in [0.25, 0.3) is 0 Å². The fraction of sp³-hybridized carbons (Fsp3) is 0.333. The lowest BCUT2D eigenvalue weighted by Crippen LogP contribution is -2.31. The summed E-state index contributed by atoms with van der Waals surface area (Å²) in [6.45, 7) is 0.650. The van der Waals surface area contributed by atoms with Gasteiger partial charge >= 0.3 is 5.97 Å². The molecule has 8 heteroatoms. The molecular formula is C21H22BrNO5S. The normalized spacial score (nSPS) is 15.5. The molecule has 0 radical (unpaired) electrons. The van der Waals surface area contributed by atoms with E-state index in [1.54, 1.807) is 24.3 Å². The Bertz CT molecular complexity index is 980. The molecule has 1 aliphatic heterocycles. The summed E-state index contributed by atoms with van der Waals surface area (Å²) in [6.07, 6.45) is 3.79. The fourth-order valence-electron chi connectivity index (χ4n) is 3.15. The second kappa shape index (κ2) is 9.65. The van der Waals surface area contributed by atoms with Crippen LogP contribution in [0.1, 0.15) is 46.4 Å².